The van der Waals surface area contributed by atoms with Gasteiger partial charge in [-0.15, -0.1) is 11.3 Å². The van der Waals surface area contributed by atoms with Crippen molar-refractivity contribution >= 4 is 23.3 Å². The number of carbonyl (C=O) groups excluding carboxylic acids is 2. The number of nitrogens with one attached hydrogen (secondary N) is 2. The Bertz CT molecular complexity index is 532. The largest absolute Gasteiger partial charge is 0.336 e. The van der Waals surface area contributed by atoms with Crippen LogP contribution in [0.5, 0.6) is 0 Å². The quantitative estimate of drug-likeness (QED) is 0.401. The number of piperazine rings is 1. The van der Waals surface area contributed by atoms with Crippen LogP contribution >= 0.6 is 11.3 Å². The Balaban J connectivity index is 1.66. The van der Waals surface area contributed by atoms with E-state index in [9.17, 15) is 9.59 Å². The van der Waals surface area contributed by atoms with Gasteiger partial charge in [-0.25, -0.2) is 10.6 Å². The van der Waals surface area contributed by atoms with Gasteiger partial charge in [-0.05, 0) is 17.0 Å². The predicted octanol–water partition coefficient (Wildman–Crippen LogP) is -0.439. The van der Waals surface area contributed by atoms with Gasteiger partial charge in [-0.1, -0.05) is 0 Å². The summed E-state index contributed by atoms with van der Waals surface area (Å²) in [6.07, 6.45) is 0. The number of rotatable bonds is 3. The first-order valence-electron chi connectivity index (χ1n) is 6.53. The van der Waals surface area contributed by atoms with E-state index in [0.29, 0.717) is 18.0 Å². The minimum Gasteiger partial charge on any atom is -0.336 e. The first kappa shape index (κ1) is 13.3. The van der Waals surface area contributed by atoms with Crippen molar-refractivity contribution in [2.24, 2.45) is 5.84 Å². The van der Waals surface area contributed by atoms with Crippen molar-refractivity contribution in [3.63, 3.8) is 0 Å². The molecule has 4 N–H and O–H groups in total. The molecule has 0 aliphatic carbocycles. The van der Waals surface area contributed by atoms with Crippen LogP contribution in [0.3, 0.4) is 0 Å². The molecule has 3 rings (SSSR count). The van der Waals surface area contributed by atoms with Gasteiger partial charge < -0.3 is 10.2 Å². The zero-order valence-electron chi connectivity index (χ0n) is 11.0. The van der Waals surface area contributed by atoms with E-state index in [2.05, 4.69) is 15.6 Å². The number of hydrazine groups is 1. The van der Waals surface area contributed by atoms with Crippen molar-refractivity contribution in [1.29, 1.82) is 0 Å². The Labute approximate surface area is 120 Å². The van der Waals surface area contributed by atoms with Crippen molar-refractivity contribution < 1.29 is 9.59 Å². The Hall–Kier alpha value is -1.64. The first-order valence-corrected chi connectivity index (χ1v) is 7.41. The summed E-state index contributed by atoms with van der Waals surface area (Å²) in [5, 5.41) is 4.76. The molecule has 20 heavy (non-hydrogen) atoms. The van der Waals surface area contributed by atoms with E-state index in [0.717, 1.165) is 25.2 Å². The number of hydrogen-bond donors (Lipinski definition) is 3. The van der Waals surface area contributed by atoms with Crippen molar-refractivity contribution in [2.45, 2.75) is 12.6 Å². The lowest BCUT2D eigenvalue weighted by Crippen LogP contribution is -2.51. The molecule has 3 amide bonds. The monoisotopic (exact) mass is 295 g/mol. The van der Waals surface area contributed by atoms with E-state index in [1.807, 2.05) is 16.3 Å². The molecule has 1 aromatic heterocycles. The molecule has 0 spiro atoms. The number of fused-ring (bicyclic) bond motifs is 1. The van der Waals surface area contributed by atoms with E-state index >= 15 is 0 Å². The first-order chi connectivity index (χ1) is 9.69. The van der Waals surface area contributed by atoms with Crippen molar-refractivity contribution in [2.75, 3.05) is 26.2 Å². The van der Waals surface area contributed by atoms with Gasteiger partial charge in [0, 0.05) is 32.7 Å². The molecular formula is C12H17N5O2S. The molecule has 1 unspecified atom stereocenters. The van der Waals surface area contributed by atoms with Crippen LogP contribution in [0.1, 0.15) is 15.2 Å². The lowest BCUT2D eigenvalue weighted by atomic mass is 10.1. The lowest BCUT2D eigenvalue weighted by Gasteiger charge is -2.36. The second-order valence-corrected chi connectivity index (χ2v) is 5.93. The highest BCUT2D eigenvalue weighted by Gasteiger charge is 2.35. The molecule has 1 aromatic rings. The molecule has 0 radical (unpaired) electrons. The fourth-order valence-corrected chi connectivity index (χ4v) is 3.60. The predicted molar refractivity (Wildman–Crippen MR) is 75.1 cm³/mol. The van der Waals surface area contributed by atoms with E-state index < -0.39 is 0 Å². The highest BCUT2D eigenvalue weighted by atomic mass is 32.1. The number of urea groups is 1. The maximum Gasteiger partial charge on any atom is 0.317 e. The van der Waals surface area contributed by atoms with Crippen LogP contribution in [0, 0.1) is 0 Å². The Morgan fingerprint density at radius 2 is 2.40 bits per heavy atom. The van der Waals surface area contributed by atoms with Crippen LogP contribution in [0.4, 0.5) is 4.79 Å². The summed E-state index contributed by atoms with van der Waals surface area (Å²) in [7, 11) is 0. The van der Waals surface area contributed by atoms with Gasteiger partial charge >= 0.3 is 6.03 Å². The number of thiophene rings is 1. The Kier molecular flexibility index (Phi) is 3.60. The Morgan fingerprint density at radius 3 is 3.20 bits per heavy atom. The number of hydrogen-bond acceptors (Lipinski definition) is 5. The number of nitrogen functional groups attached to an aromatic ring is 1. The molecule has 2 aliphatic rings. The summed E-state index contributed by atoms with van der Waals surface area (Å²) >= 11 is 1.40. The minimum absolute atomic E-state index is 0.0355. The zero-order chi connectivity index (χ0) is 14.1. The van der Waals surface area contributed by atoms with Crippen LogP contribution in [0.25, 0.3) is 0 Å². The molecule has 8 heteroatoms. The molecule has 7 nitrogen and oxygen atoms in total. The van der Waals surface area contributed by atoms with Crippen LogP contribution in [-0.4, -0.2) is 54.0 Å². The lowest BCUT2D eigenvalue weighted by molar-refractivity contribution is 0.0952. The maximum atomic E-state index is 11.7. The van der Waals surface area contributed by atoms with E-state index in [1.165, 1.54) is 11.3 Å². The molecule has 2 aliphatic heterocycles. The molecule has 0 saturated carbocycles. The average molecular weight is 295 g/mol. The van der Waals surface area contributed by atoms with Crippen LogP contribution < -0.4 is 16.6 Å². The zero-order valence-corrected chi connectivity index (χ0v) is 11.8. The van der Waals surface area contributed by atoms with Crippen molar-refractivity contribution in [3.8, 4) is 0 Å². The smallest absolute Gasteiger partial charge is 0.317 e. The van der Waals surface area contributed by atoms with Crippen molar-refractivity contribution in [3.05, 3.63) is 21.9 Å². The van der Waals surface area contributed by atoms with E-state index in [-0.39, 0.29) is 18.0 Å². The third-order valence-electron chi connectivity index (χ3n) is 3.79. The molecule has 0 aromatic carbocycles. The molecular weight excluding hydrogens is 278 g/mol. The fraction of sp³-hybridized carbons (Fsp3) is 0.500. The summed E-state index contributed by atoms with van der Waals surface area (Å²) in [4.78, 5) is 28.0. The molecule has 2 saturated heterocycles. The highest BCUT2D eigenvalue weighted by Crippen LogP contribution is 2.21. The molecule has 108 valence electrons. The maximum absolute atomic E-state index is 11.7. The molecule has 2 fully saturated rings. The molecule has 3 heterocycles. The number of carbonyl (C=O) groups is 2. The average Bonchev–Trinajstić information content (AvgIpc) is 3.05. The minimum atomic E-state index is -0.244. The van der Waals surface area contributed by atoms with E-state index in [1.54, 1.807) is 0 Å². The fourth-order valence-electron chi connectivity index (χ4n) is 2.78. The summed E-state index contributed by atoms with van der Waals surface area (Å²) < 4.78 is 0. The van der Waals surface area contributed by atoms with Gasteiger partial charge in [0.2, 0.25) is 0 Å². The Morgan fingerprint density at radius 1 is 1.55 bits per heavy atom. The van der Waals surface area contributed by atoms with Gasteiger partial charge in [0.25, 0.3) is 5.91 Å². The van der Waals surface area contributed by atoms with Crippen molar-refractivity contribution in [1.82, 2.24) is 20.5 Å². The van der Waals surface area contributed by atoms with Gasteiger partial charge in [-0.2, -0.15) is 0 Å². The summed E-state index contributed by atoms with van der Waals surface area (Å²) in [5.74, 6) is 4.95. The highest BCUT2D eigenvalue weighted by molar-refractivity contribution is 7.12. The number of amides is 3. The SMILES string of the molecule is NNC(=O)c1sccc1CN1CCN2C(=O)NCC2C1. The second-order valence-electron chi connectivity index (χ2n) is 5.02. The normalized spacial score (nSPS) is 22.6. The number of nitrogens with two attached hydrogens (primary N) is 1. The summed E-state index contributed by atoms with van der Waals surface area (Å²) in [6, 6.07) is 2.23. The summed E-state index contributed by atoms with van der Waals surface area (Å²) in [5.41, 5.74) is 3.17. The topological polar surface area (TPSA) is 90.7 Å². The molecule has 0 bridgehead atoms. The van der Waals surface area contributed by atoms with Gasteiger partial charge in [0.05, 0.1) is 10.9 Å². The third kappa shape index (κ3) is 2.37. The second kappa shape index (κ2) is 5.39. The standard InChI is InChI=1S/C12H17N5O2S/c13-15-11(18)10-8(1-4-20-10)6-16-2-3-17-9(7-16)5-14-12(17)19/h1,4,9H,2-3,5-7,13H2,(H,14,19)(H,15,18). The summed E-state index contributed by atoms with van der Waals surface area (Å²) in [6.45, 7) is 3.81. The van der Waals surface area contributed by atoms with Gasteiger partial charge in [-0.3, -0.25) is 15.1 Å². The third-order valence-corrected chi connectivity index (χ3v) is 4.75. The van der Waals surface area contributed by atoms with Gasteiger partial charge in [0.1, 0.15) is 0 Å². The van der Waals surface area contributed by atoms with Crippen LogP contribution in [0.15, 0.2) is 11.4 Å². The van der Waals surface area contributed by atoms with Crippen LogP contribution in [0.2, 0.25) is 0 Å². The van der Waals surface area contributed by atoms with E-state index in [4.69, 9.17) is 5.84 Å². The molecule has 1 atom stereocenters. The number of nitrogens with zero attached hydrogens (tertiary/aromatic N) is 2. The van der Waals surface area contributed by atoms with Gasteiger partial charge in [0.15, 0.2) is 0 Å². The van der Waals surface area contributed by atoms with Crippen LogP contribution in [-0.2, 0) is 6.54 Å².